The van der Waals surface area contributed by atoms with E-state index in [1.165, 1.54) is 17.0 Å². The van der Waals surface area contributed by atoms with E-state index in [4.69, 9.17) is 0 Å². The molecule has 0 aliphatic heterocycles. The minimum Gasteiger partial charge on any atom is -0.390 e. The van der Waals surface area contributed by atoms with Gasteiger partial charge in [-0.3, -0.25) is 9.59 Å². The average Bonchev–Trinajstić information content (AvgIpc) is 2.91. The van der Waals surface area contributed by atoms with Crippen LogP contribution in [0, 0.1) is 25.5 Å². The molecular weight excluding hydrogens is 524 g/mol. The molecule has 0 aliphatic carbocycles. The van der Waals surface area contributed by atoms with E-state index in [2.05, 4.69) is 5.32 Å². The van der Waals surface area contributed by atoms with Gasteiger partial charge in [-0.05, 0) is 73.7 Å². The van der Waals surface area contributed by atoms with Crippen LogP contribution in [0.15, 0.2) is 60.7 Å². The molecule has 0 bridgehead atoms. The predicted molar refractivity (Wildman–Crippen MR) is 158 cm³/mol. The van der Waals surface area contributed by atoms with Crippen LogP contribution in [0.1, 0.15) is 69.7 Å². The number of carbonyl (C=O) groups excluding carboxylic acids is 2. The molecule has 3 aromatic rings. The van der Waals surface area contributed by atoms with Gasteiger partial charge in [0.05, 0.1) is 6.10 Å². The Morgan fingerprint density at radius 3 is 2.00 bits per heavy atom. The van der Waals surface area contributed by atoms with Gasteiger partial charge in [0.1, 0.15) is 11.6 Å². The highest BCUT2D eigenvalue weighted by molar-refractivity contribution is 6.00. The summed E-state index contributed by atoms with van der Waals surface area (Å²) >= 11 is 0. The van der Waals surface area contributed by atoms with Crippen molar-refractivity contribution in [3.63, 3.8) is 0 Å². The number of benzene rings is 3. The first-order chi connectivity index (χ1) is 19.6. The predicted octanol–water partition coefficient (Wildman–Crippen LogP) is 5.64. The van der Waals surface area contributed by atoms with Gasteiger partial charge in [0.25, 0.3) is 11.8 Å². The van der Waals surface area contributed by atoms with E-state index in [-0.39, 0.29) is 36.7 Å². The van der Waals surface area contributed by atoms with Crippen LogP contribution in [-0.4, -0.2) is 59.0 Å². The van der Waals surface area contributed by atoms with Gasteiger partial charge in [-0.25, -0.2) is 8.78 Å². The lowest BCUT2D eigenvalue weighted by Crippen LogP contribution is -2.41. The Hall–Kier alpha value is -3.62. The highest BCUT2D eigenvalue weighted by atomic mass is 19.1. The van der Waals surface area contributed by atoms with Crippen LogP contribution < -0.4 is 5.32 Å². The monoisotopic (exact) mass is 565 g/mol. The first-order valence-electron chi connectivity index (χ1n) is 14.2. The number of nitrogens with one attached hydrogen (secondary N) is 1. The molecule has 2 amide bonds. The molecule has 0 unspecified atom stereocenters. The van der Waals surface area contributed by atoms with Crippen LogP contribution in [0.5, 0.6) is 0 Å². The van der Waals surface area contributed by atoms with Gasteiger partial charge in [0.15, 0.2) is 0 Å². The molecule has 220 valence electrons. The van der Waals surface area contributed by atoms with E-state index in [9.17, 15) is 23.5 Å². The lowest BCUT2D eigenvalue weighted by atomic mass is 10.0. The molecule has 0 saturated carbocycles. The summed E-state index contributed by atoms with van der Waals surface area (Å²) in [7, 11) is 0. The standard InChI is InChI=1S/C33H41F2N3O3/c1-5-10-37(11-6-2)32(40)27-13-24(4)14-28(17-27)33(41)38(21-26-15-29(34)18-30(35)16-26)22-31(39)20-36-19-25-9-7-8-23(3)12-25/h7-9,12-18,31,36,39H,5-6,10-11,19-22H2,1-4H3/t31-/m1/s1. The number of amides is 2. The van der Waals surface area contributed by atoms with Crippen LogP contribution in [0.4, 0.5) is 8.78 Å². The number of hydrogen-bond donors (Lipinski definition) is 2. The van der Waals surface area contributed by atoms with Crippen LogP contribution in [0.25, 0.3) is 0 Å². The van der Waals surface area contributed by atoms with E-state index in [1.807, 2.05) is 52.0 Å². The first-order valence-corrected chi connectivity index (χ1v) is 14.2. The normalized spacial score (nSPS) is 11.8. The Morgan fingerprint density at radius 1 is 0.805 bits per heavy atom. The molecule has 3 rings (SSSR count). The van der Waals surface area contributed by atoms with E-state index in [0.29, 0.717) is 25.2 Å². The molecule has 0 spiro atoms. The van der Waals surface area contributed by atoms with Crippen molar-refractivity contribution in [3.05, 3.63) is 106 Å². The van der Waals surface area contributed by atoms with Crippen molar-refractivity contribution in [2.45, 2.75) is 59.7 Å². The summed E-state index contributed by atoms with van der Waals surface area (Å²) in [5, 5.41) is 14.1. The molecule has 0 radical (unpaired) electrons. The van der Waals surface area contributed by atoms with Crippen molar-refractivity contribution in [1.29, 1.82) is 0 Å². The number of rotatable bonds is 14. The van der Waals surface area contributed by atoms with Gasteiger partial charge in [0.2, 0.25) is 0 Å². The zero-order valence-electron chi connectivity index (χ0n) is 24.4. The summed E-state index contributed by atoms with van der Waals surface area (Å²) < 4.78 is 27.9. The fraction of sp³-hybridized carbons (Fsp3) is 0.394. The lowest BCUT2D eigenvalue weighted by Gasteiger charge is -2.27. The number of hydrogen-bond acceptors (Lipinski definition) is 4. The van der Waals surface area contributed by atoms with Crippen molar-refractivity contribution in [2.24, 2.45) is 0 Å². The van der Waals surface area contributed by atoms with E-state index in [0.717, 1.165) is 35.6 Å². The SMILES string of the molecule is CCCN(CCC)C(=O)c1cc(C)cc(C(=O)N(Cc2cc(F)cc(F)c2)C[C@H](O)CNCc2cccc(C)c2)c1. The molecule has 8 heteroatoms. The summed E-state index contributed by atoms with van der Waals surface area (Å²) in [5.41, 5.74) is 3.89. The molecule has 0 aromatic heterocycles. The van der Waals surface area contributed by atoms with E-state index in [1.54, 1.807) is 23.1 Å². The molecule has 41 heavy (non-hydrogen) atoms. The Labute approximate surface area is 242 Å². The minimum atomic E-state index is -0.947. The van der Waals surface area contributed by atoms with Crippen molar-refractivity contribution in [3.8, 4) is 0 Å². The van der Waals surface area contributed by atoms with Crippen LogP contribution in [0.2, 0.25) is 0 Å². The summed E-state index contributed by atoms with van der Waals surface area (Å²) in [6.45, 7) is 9.62. The zero-order valence-corrected chi connectivity index (χ0v) is 24.4. The molecule has 0 aliphatic rings. The third-order valence-electron chi connectivity index (χ3n) is 6.65. The Bertz CT molecular complexity index is 1300. The fourth-order valence-electron chi connectivity index (χ4n) is 4.92. The maximum atomic E-state index is 14.0. The Balaban J connectivity index is 1.83. The van der Waals surface area contributed by atoms with Crippen molar-refractivity contribution < 1.29 is 23.5 Å². The van der Waals surface area contributed by atoms with Gasteiger partial charge in [-0.2, -0.15) is 0 Å². The number of aryl methyl sites for hydroxylation is 2. The maximum Gasteiger partial charge on any atom is 0.254 e. The molecule has 0 saturated heterocycles. The third-order valence-corrected chi connectivity index (χ3v) is 6.65. The molecule has 1 atom stereocenters. The molecule has 2 N–H and O–H groups in total. The Morgan fingerprint density at radius 2 is 1.41 bits per heavy atom. The second kappa shape index (κ2) is 15.4. The van der Waals surface area contributed by atoms with Crippen molar-refractivity contribution >= 4 is 11.8 Å². The summed E-state index contributed by atoms with van der Waals surface area (Å²) in [6, 6.07) is 16.1. The van der Waals surface area contributed by atoms with Crippen molar-refractivity contribution in [1.82, 2.24) is 15.1 Å². The maximum absolute atomic E-state index is 14.0. The fourth-order valence-corrected chi connectivity index (χ4v) is 4.92. The number of halogens is 2. The smallest absolute Gasteiger partial charge is 0.254 e. The van der Waals surface area contributed by atoms with Gasteiger partial charge < -0.3 is 20.2 Å². The average molecular weight is 566 g/mol. The molecule has 0 fully saturated rings. The second-order valence-electron chi connectivity index (χ2n) is 10.6. The lowest BCUT2D eigenvalue weighted by molar-refractivity contribution is 0.0603. The van der Waals surface area contributed by atoms with Gasteiger partial charge in [-0.1, -0.05) is 43.7 Å². The van der Waals surface area contributed by atoms with Crippen LogP contribution in [0.3, 0.4) is 0 Å². The number of aliphatic hydroxyl groups excluding tert-OH is 1. The Kier molecular flexibility index (Phi) is 12.0. The topological polar surface area (TPSA) is 72.9 Å². The van der Waals surface area contributed by atoms with E-state index >= 15 is 0 Å². The highest BCUT2D eigenvalue weighted by Gasteiger charge is 2.23. The summed E-state index contributed by atoms with van der Waals surface area (Å²) in [6.07, 6.45) is 0.687. The molecule has 3 aromatic carbocycles. The van der Waals surface area contributed by atoms with Gasteiger partial charge in [-0.15, -0.1) is 0 Å². The quantitative estimate of drug-likeness (QED) is 0.266. The summed E-state index contributed by atoms with van der Waals surface area (Å²) in [4.78, 5) is 30.3. The molecule has 6 nitrogen and oxygen atoms in total. The molecular formula is C33H41F2N3O3. The number of carbonyl (C=O) groups is 2. The van der Waals surface area contributed by atoms with E-state index < -0.39 is 23.6 Å². The largest absolute Gasteiger partial charge is 0.390 e. The van der Waals surface area contributed by atoms with Gasteiger partial charge >= 0.3 is 0 Å². The number of nitrogens with zero attached hydrogens (tertiary/aromatic N) is 2. The minimum absolute atomic E-state index is 0.0766. The zero-order chi connectivity index (χ0) is 29.9. The first kappa shape index (κ1) is 31.9. The number of aliphatic hydroxyl groups is 1. The van der Waals surface area contributed by atoms with Crippen LogP contribution >= 0.6 is 0 Å². The summed E-state index contributed by atoms with van der Waals surface area (Å²) in [5.74, 6) is -2.08. The third kappa shape index (κ3) is 9.76. The molecule has 0 heterocycles. The highest BCUT2D eigenvalue weighted by Crippen LogP contribution is 2.18. The van der Waals surface area contributed by atoms with Crippen LogP contribution in [-0.2, 0) is 13.1 Å². The second-order valence-corrected chi connectivity index (χ2v) is 10.6. The van der Waals surface area contributed by atoms with Crippen molar-refractivity contribution in [2.75, 3.05) is 26.2 Å². The van der Waals surface area contributed by atoms with Gasteiger partial charge in [0, 0.05) is 56.5 Å².